The zero-order valence-electron chi connectivity index (χ0n) is 12.0. The summed E-state index contributed by atoms with van der Waals surface area (Å²) in [5.41, 5.74) is -0.212. The van der Waals surface area contributed by atoms with Gasteiger partial charge in [-0.3, -0.25) is 0 Å². The summed E-state index contributed by atoms with van der Waals surface area (Å²) in [5, 5.41) is 3.50. The molecule has 0 radical (unpaired) electrons. The molecular weight excluding hydrogens is 228 g/mol. The lowest BCUT2D eigenvalue weighted by Gasteiger charge is -2.27. The minimum atomic E-state index is -0.149. The molecule has 1 aromatic rings. The molecule has 1 fully saturated rings. The number of nitrogens with zero attached hydrogens (tertiary/aromatic N) is 1. The summed E-state index contributed by atoms with van der Waals surface area (Å²) >= 11 is 0. The van der Waals surface area contributed by atoms with Crippen LogP contribution in [0, 0.1) is 0 Å². The summed E-state index contributed by atoms with van der Waals surface area (Å²) in [6.07, 6.45) is 3.69. The molecule has 0 aliphatic carbocycles. The van der Waals surface area contributed by atoms with Crippen LogP contribution in [0.15, 0.2) is 10.6 Å². The minimum Gasteiger partial charge on any atom is -0.444 e. The summed E-state index contributed by atoms with van der Waals surface area (Å²) in [4.78, 5) is 4.26. The van der Waals surface area contributed by atoms with E-state index in [1.165, 1.54) is 0 Å². The Morgan fingerprint density at radius 3 is 2.61 bits per heavy atom. The average Bonchev–Trinajstić information content (AvgIpc) is 2.77. The van der Waals surface area contributed by atoms with Gasteiger partial charge in [0.2, 0.25) is 5.89 Å². The van der Waals surface area contributed by atoms with Crippen LogP contribution in [0.1, 0.15) is 52.7 Å². The Kier molecular flexibility index (Phi) is 3.52. The summed E-state index contributed by atoms with van der Waals surface area (Å²) in [7, 11) is 0. The standard InChI is InChI=1S/C14H24N2O2/c1-6-10-8-16-12(17-10)9-15-11-7-13(2,3)18-14(11,4)5/h8,11,15H,6-7,9H2,1-5H3. The molecule has 2 rings (SSSR count). The second-order valence-electron chi connectivity index (χ2n) is 6.18. The van der Waals surface area contributed by atoms with E-state index >= 15 is 0 Å². The highest BCUT2D eigenvalue weighted by Gasteiger charge is 2.45. The van der Waals surface area contributed by atoms with Crippen LogP contribution in [-0.2, 0) is 17.7 Å². The molecule has 1 atom stereocenters. The normalized spacial score (nSPS) is 25.5. The molecule has 102 valence electrons. The maximum atomic E-state index is 6.05. The van der Waals surface area contributed by atoms with Crippen LogP contribution in [-0.4, -0.2) is 22.2 Å². The van der Waals surface area contributed by atoms with Crippen LogP contribution in [0.2, 0.25) is 0 Å². The van der Waals surface area contributed by atoms with Crippen molar-refractivity contribution in [1.29, 1.82) is 0 Å². The Bertz CT molecular complexity index is 410. The zero-order chi connectivity index (χ0) is 13.4. The highest BCUT2D eigenvalue weighted by atomic mass is 16.5. The fourth-order valence-electron chi connectivity index (χ4n) is 2.68. The molecule has 18 heavy (non-hydrogen) atoms. The number of ether oxygens (including phenoxy) is 1. The van der Waals surface area contributed by atoms with E-state index in [1.54, 1.807) is 6.20 Å². The largest absolute Gasteiger partial charge is 0.444 e. The molecule has 0 spiro atoms. The van der Waals surface area contributed by atoms with Gasteiger partial charge in [-0.05, 0) is 34.1 Å². The van der Waals surface area contributed by atoms with Crippen molar-refractivity contribution in [1.82, 2.24) is 10.3 Å². The molecule has 1 N–H and O–H groups in total. The van der Waals surface area contributed by atoms with E-state index in [1.807, 2.05) is 0 Å². The van der Waals surface area contributed by atoms with E-state index in [2.05, 4.69) is 44.9 Å². The summed E-state index contributed by atoms with van der Waals surface area (Å²) in [6.45, 7) is 11.3. The quantitative estimate of drug-likeness (QED) is 0.895. The number of oxazole rings is 1. The SMILES string of the molecule is CCc1cnc(CNC2CC(C)(C)OC2(C)C)o1. The first-order chi connectivity index (χ1) is 8.32. The van der Waals surface area contributed by atoms with Crippen molar-refractivity contribution < 1.29 is 9.15 Å². The van der Waals surface area contributed by atoms with Gasteiger partial charge in [0, 0.05) is 12.5 Å². The van der Waals surface area contributed by atoms with Gasteiger partial charge in [-0.2, -0.15) is 0 Å². The van der Waals surface area contributed by atoms with E-state index in [9.17, 15) is 0 Å². The molecule has 1 aliphatic heterocycles. The number of aryl methyl sites for hydroxylation is 1. The van der Waals surface area contributed by atoms with Crippen LogP contribution in [0.25, 0.3) is 0 Å². The summed E-state index contributed by atoms with van der Waals surface area (Å²) in [6, 6.07) is 0.324. The second-order valence-corrected chi connectivity index (χ2v) is 6.18. The number of rotatable bonds is 4. The topological polar surface area (TPSA) is 47.3 Å². The smallest absolute Gasteiger partial charge is 0.208 e. The first kappa shape index (κ1) is 13.6. The van der Waals surface area contributed by atoms with E-state index in [-0.39, 0.29) is 11.2 Å². The Morgan fingerprint density at radius 2 is 2.11 bits per heavy atom. The third-order valence-corrected chi connectivity index (χ3v) is 3.52. The number of nitrogens with one attached hydrogen (secondary N) is 1. The molecule has 0 aromatic carbocycles. The van der Waals surface area contributed by atoms with Gasteiger partial charge in [-0.25, -0.2) is 4.98 Å². The molecule has 1 aromatic heterocycles. The molecule has 0 amide bonds. The van der Waals surface area contributed by atoms with Gasteiger partial charge >= 0.3 is 0 Å². The number of aromatic nitrogens is 1. The van der Waals surface area contributed by atoms with Crippen molar-refractivity contribution in [3.05, 3.63) is 17.8 Å². The third kappa shape index (κ3) is 2.93. The van der Waals surface area contributed by atoms with Crippen molar-refractivity contribution >= 4 is 0 Å². The Balaban J connectivity index is 1.94. The lowest BCUT2D eigenvalue weighted by atomic mass is 9.94. The fraction of sp³-hybridized carbons (Fsp3) is 0.786. The van der Waals surface area contributed by atoms with E-state index in [4.69, 9.17) is 9.15 Å². The van der Waals surface area contributed by atoms with Crippen molar-refractivity contribution in [3.63, 3.8) is 0 Å². The van der Waals surface area contributed by atoms with Crippen LogP contribution in [0.5, 0.6) is 0 Å². The second kappa shape index (κ2) is 4.67. The van der Waals surface area contributed by atoms with Crippen LogP contribution in [0.3, 0.4) is 0 Å². The first-order valence-corrected chi connectivity index (χ1v) is 6.69. The monoisotopic (exact) mass is 252 g/mol. The lowest BCUT2D eigenvalue weighted by molar-refractivity contribution is -0.0699. The molecule has 0 saturated carbocycles. The van der Waals surface area contributed by atoms with Crippen molar-refractivity contribution in [2.24, 2.45) is 0 Å². The lowest BCUT2D eigenvalue weighted by Crippen LogP contribution is -2.42. The summed E-state index contributed by atoms with van der Waals surface area (Å²) < 4.78 is 11.6. The van der Waals surface area contributed by atoms with Gasteiger partial charge in [-0.15, -0.1) is 0 Å². The van der Waals surface area contributed by atoms with E-state index < -0.39 is 0 Å². The molecule has 1 aliphatic rings. The van der Waals surface area contributed by atoms with Gasteiger partial charge < -0.3 is 14.5 Å². The van der Waals surface area contributed by atoms with Crippen molar-refractivity contribution in [3.8, 4) is 0 Å². The van der Waals surface area contributed by atoms with E-state index in [0.29, 0.717) is 12.6 Å². The molecular formula is C14H24N2O2. The molecule has 2 heterocycles. The van der Waals surface area contributed by atoms with Gasteiger partial charge in [0.05, 0.1) is 23.9 Å². The third-order valence-electron chi connectivity index (χ3n) is 3.52. The maximum absolute atomic E-state index is 6.05. The fourth-order valence-corrected chi connectivity index (χ4v) is 2.68. The highest BCUT2D eigenvalue weighted by Crippen LogP contribution is 2.37. The van der Waals surface area contributed by atoms with Gasteiger partial charge in [0.1, 0.15) is 5.76 Å². The predicted octanol–water partition coefficient (Wildman–Crippen LogP) is 2.67. The zero-order valence-corrected chi connectivity index (χ0v) is 12.0. The average molecular weight is 252 g/mol. The van der Waals surface area contributed by atoms with Gasteiger partial charge in [0.25, 0.3) is 0 Å². The molecule has 1 unspecified atom stereocenters. The van der Waals surface area contributed by atoms with Crippen LogP contribution in [0.4, 0.5) is 0 Å². The van der Waals surface area contributed by atoms with Crippen LogP contribution < -0.4 is 5.32 Å². The number of hydrogen-bond acceptors (Lipinski definition) is 4. The van der Waals surface area contributed by atoms with Crippen molar-refractivity contribution in [2.75, 3.05) is 0 Å². The van der Waals surface area contributed by atoms with Gasteiger partial charge in [0.15, 0.2) is 0 Å². The highest BCUT2D eigenvalue weighted by molar-refractivity contribution is 5.00. The summed E-state index contributed by atoms with van der Waals surface area (Å²) in [5.74, 6) is 1.70. The Hall–Kier alpha value is -0.870. The molecule has 1 saturated heterocycles. The van der Waals surface area contributed by atoms with Crippen molar-refractivity contribution in [2.45, 2.75) is 71.2 Å². The predicted molar refractivity (Wildman–Crippen MR) is 70.4 cm³/mol. The minimum absolute atomic E-state index is 0.0632. The molecule has 4 nitrogen and oxygen atoms in total. The molecule has 0 bridgehead atoms. The molecule has 4 heteroatoms. The van der Waals surface area contributed by atoms with Crippen LogP contribution >= 0.6 is 0 Å². The first-order valence-electron chi connectivity index (χ1n) is 6.69. The Labute approximate surface area is 109 Å². The van der Waals surface area contributed by atoms with Gasteiger partial charge in [-0.1, -0.05) is 6.92 Å². The Morgan fingerprint density at radius 1 is 1.39 bits per heavy atom. The van der Waals surface area contributed by atoms with E-state index in [0.717, 1.165) is 24.5 Å². The maximum Gasteiger partial charge on any atom is 0.208 e. The number of hydrogen-bond donors (Lipinski definition) is 1.